The highest BCUT2D eigenvalue weighted by molar-refractivity contribution is 7.11. The zero-order valence-electron chi connectivity index (χ0n) is 14.1. The minimum atomic E-state index is -0.684. The Bertz CT molecular complexity index is 587. The van der Waals surface area contributed by atoms with Gasteiger partial charge in [0.05, 0.1) is 38.1 Å². The number of amides is 2. The van der Waals surface area contributed by atoms with Gasteiger partial charge in [-0.05, 0) is 13.3 Å². The van der Waals surface area contributed by atoms with E-state index in [0.717, 1.165) is 6.42 Å². The van der Waals surface area contributed by atoms with Gasteiger partial charge in [-0.2, -0.15) is 0 Å². The summed E-state index contributed by atoms with van der Waals surface area (Å²) in [6.07, 6.45) is -0.0694. The highest BCUT2D eigenvalue weighted by atomic mass is 32.1. The number of methoxy groups -OCH3 is 2. The molecule has 1 rings (SSSR count). The number of thiophene rings is 1. The van der Waals surface area contributed by atoms with Crippen molar-refractivity contribution in [3.8, 4) is 0 Å². The highest BCUT2D eigenvalue weighted by Gasteiger charge is 2.28. The van der Waals surface area contributed by atoms with Gasteiger partial charge in [0.15, 0.2) is 0 Å². The lowest BCUT2D eigenvalue weighted by Gasteiger charge is -2.16. The molecule has 2 amide bonds. The van der Waals surface area contributed by atoms with Gasteiger partial charge in [-0.3, -0.25) is 15.4 Å². The molecule has 0 aliphatic rings. The zero-order valence-corrected chi connectivity index (χ0v) is 15.0. The number of hydrogen-bond acceptors (Lipinski definition) is 7. The summed E-state index contributed by atoms with van der Waals surface area (Å²) in [6, 6.07) is 0. The van der Waals surface area contributed by atoms with E-state index in [1.807, 2.05) is 6.92 Å². The van der Waals surface area contributed by atoms with E-state index < -0.39 is 24.1 Å². The second-order valence-corrected chi connectivity index (χ2v) is 5.63. The zero-order chi connectivity index (χ0) is 18.1. The van der Waals surface area contributed by atoms with Crippen LogP contribution in [0.25, 0.3) is 0 Å². The van der Waals surface area contributed by atoms with Crippen molar-refractivity contribution < 1.29 is 28.6 Å². The Labute approximate surface area is 144 Å². The van der Waals surface area contributed by atoms with Crippen molar-refractivity contribution in [2.24, 2.45) is 0 Å². The molecule has 1 heterocycles. The quantitative estimate of drug-likeness (QED) is 0.571. The molecule has 0 bridgehead atoms. The van der Waals surface area contributed by atoms with Crippen LogP contribution in [0.1, 0.15) is 37.5 Å². The summed E-state index contributed by atoms with van der Waals surface area (Å²) >= 11 is 1.24. The Kier molecular flexibility index (Phi) is 8.03. The lowest BCUT2D eigenvalue weighted by Crippen LogP contribution is -2.19. The number of esters is 1. The van der Waals surface area contributed by atoms with Crippen LogP contribution in [0.5, 0.6) is 0 Å². The predicted octanol–water partition coefficient (Wildman–Crippen LogP) is 3.55. The van der Waals surface area contributed by atoms with Crippen molar-refractivity contribution in [2.75, 3.05) is 31.5 Å². The molecule has 1 unspecified atom stereocenters. The van der Waals surface area contributed by atoms with Crippen LogP contribution in [-0.4, -0.2) is 39.0 Å². The third-order valence-corrected chi connectivity index (χ3v) is 4.22. The molecule has 2 N–H and O–H groups in total. The third-order valence-electron chi connectivity index (χ3n) is 3.12. The monoisotopic (exact) mass is 358 g/mol. The van der Waals surface area contributed by atoms with Crippen LogP contribution in [0.2, 0.25) is 0 Å². The van der Waals surface area contributed by atoms with Crippen LogP contribution in [0.15, 0.2) is 5.38 Å². The lowest BCUT2D eigenvalue weighted by atomic mass is 10.0. The first-order valence-corrected chi connectivity index (χ1v) is 8.34. The first kappa shape index (κ1) is 19.8. The van der Waals surface area contributed by atoms with E-state index in [1.54, 1.807) is 12.3 Å². The number of carbonyl (C=O) groups is 3. The summed E-state index contributed by atoms with van der Waals surface area (Å²) in [4.78, 5) is 35.9. The highest BCUT2D eigenvalue weighted by Crippen LogP contribution is 2.40. The second-order valence-electron chi connectivity index (χ2n) is 4.72. The fraction of sp³-hybridized carbons (Fsp3) is 0.533. The molecule has 0 saturated heterocycles. The van der Waals surface area contributed by atoms with Gasteiger partial charge < -0.3 is 14.2 Å². The SMILES string of the molecule is CCCC(C(=O)OC)c1scc(NC(=O)OC)c1NC(=O)OCC. The Balaban J connectivity index is 3.23. The fourth-order valence-electron chi connectivity index (χ4n) is 2.07. The topological polar surface area (TPSA) is 103 Å². The molecule has 1 atom stereocenters. The lowest BCUT2D eigenvalue weighted by molar-refractivity contribution is -0.142. The second kappa shape index (κ2) is 9.76. The summed E-state index contributed by atoms with van der Waals surface area (Å²) in [5.41, 5.74) is 0.646. The number of hydrogen-bond donors (Lipinski definition) is 2. The van der Waals surface area contributed by atoms with Gasteiger partial charge in [0.1, 0.15) is 0 Å². The molecule has 0 aliphatic heterocycles. The van der Waals surface area contributed by atoms with E-state index in [1.165, 1.54) is 25.6 Å². The summed E-state index contributed by atoms with van der Waals surface area (Å²) < 4.78 is 14.3. The Morgan fingerprint density at radius 3 is 2.38 bits per heavy atom. The molecule has 0 radical (unpaired) electrons. The van der Waals surface area contributed by atoms with E-state index in [2.05, 4.69) is 15.4 Å². The van der Waals surface area contributed by atoms with Crippen molar-refractivity contribution in [1.29, 1.82) is 0 Å². The van der Waals surface area contributed by atoms with Crippen molar-refractivity contribution in [1.82, 2.24) is 0 Å². The number of carbonyl (C=O) groups excluding carboxylic acids is 3. The first-order chi connectivity index (χ1) is 11.5. The van der Waals surface area contributed by atoms with Crippen LogP contribution in [0, 0.1) is 0 Å². The Morgan fingerprint density at radius 1 is 1.12 bits per heavy atom. The number of ether oxygens (including phenoxy) is 3. The smallest absolute Gasteiger partial charge is 0.411 e. The molecule has 0 spiro atoms. The average molecular weight is 358 g/mol. The summed E-state index contributed by atoms with van der Waals surface area (Å²) in [5, 5.41) is 6.71. The molecule has 8 nitrogen and oxygen atoms in total. The number of nitrogens with one attached hydrogen (secondary N) is 2. The number of rotatable bonds is 7. The summed E-state index contributed by atoms with van der Waals surface area (Å²) in [6.45, 7) is 3.81. The van der Waals surface area contributed by atoms with E-state index in [9.17, 15) is 14.4 Å². The van der Waals surface area contributed by atoms with Gasteiger partial charge in [-0.25, -0.2) is 9.59 Å². The van der Waals surface area contributed by atoms with Crippen molar-refractivity contribution in [3.05, 3.63) is 10.3 Å². The van der Waals surface area contributed by atoms with Crippen LogP contribution < -0.4 is 10.6 Å². The number of anilines is 2. The molecule has 0 aromatic carbocycles. The van der Waals surface area contributed by atoms with Gasteiger partial charge in [0.2, 0.25) is 0 Å². The van der Waals surface area contributed by atoms with Crippen molar-refractivity contribution in [2.45, 2.75) is 32.6 Å². The largest absolute Gasteiger partial charge is 0.469 e. The van der Waals surface area contributed by atoms with Crippen molar-refractivity contribution in [3.63, 3.8) is 0 Å². The van der Waals surface area contributed by atoms with Gasteiger partial charge >= 0.3 is 18.2 Å². The fourth-order valence-corrected chi connectivity index (χ4v) is 3.15. The van der Waals surface area contributed by atoms with Crippen LogP contribution >= 0.6 is 11.3 Å². The molecule has 134 valence electrons. The van der Waals surface area contributed by atoms with E-state index in [0.29, 0.717) is 22.7 Å². The normalized spacial score (nSPS) is 11.3. The molecule has 24 heavy (non-hydrogen) atoms. The van der Waals surface area contributed by atoms with Gasteiger partial charge in [0.25, 0.3) is 0 Å². The minimum Gasteiger partial charge on any atom is -0.469 e. The average Bonchev–Trinajstić information content (AvgIpc) is 2.94. The van der Waals surface area contributed by atoms with Crippen LogP contribution in [-0.2, 0) is 19.0 Å². The molecule has 0 fully saturated rings. The summed E-state index contributed by atoms with van der Waals surface area (Å²) in [7, 11) is 2.54. The standard InChI is InChI=1S/C15H22N2O6S/c1-5-7-9(13(18)21-3)12-11(17-15(20)23-6-2)10(8-24-12)16-14(19)22-4/h8-9H,5-7H2,1-4H3,(H,16,19)(H,17,20). The molecule has 0 aliphatic carbocycles. The van der Waals surface area contributed by atoms with E-state index >= 15 is 0 Å². The molecule has 0 saturated carbocycles. The van der Waals surface area contributed by atoms with E-state index in [-0.39, 0.29) is 6.61 Å². The molecular formula is C15H22N2O6S. The maximum Gasteiger partial charge on any atom is 0.411 e. The predicted molar refractivity (Wildman–Crippen MR) is 90.7 cm³/mol. The van der Waals surface area contributed by atoms with E-state index in [4.69, 9.17) is 9.47 Å². The maximum atomic E-state index is 12.1. The van der Waals surface area contributed by atoms with Crippen LogP contribution in [0.3, 0.4) is 0 Å². The minimum absolute atomic E-state index is 0.195. The summed E-state index contributed by atoms with van der Waals surface area (Å²) in [5.74, 6) is -0.953. The third kappa shape index (κ3) is 5.12. The van der Waals surface area contributed by atoms with Crippen molar-refractivity contribution >= 4 is 40.9 Å². The molecule has 1 aromatic rings. The molecule has 9 heteroatoms. The maximum absolute atomic E-state index is 12.1. The van der Waals surface area contributed by atoms with Crippen LogP contribution in [0.4, 0.5) is 21.0 Å². The Morgan fingerprint density at radius 2 is 1.83 bits per heavy atom. The molecule has 1 aromatic heterocycles. The molecular weight excluding hydrogens is 336 g/mol. The van der Waals surface area contributed by atoms with Gasteiger partial charge in [0, 0.05) is 10.3 Å². The first-order valence-electron chi connectivity index (χ1n) is 7.46. The van der Waals surface area contributed by atoms with Gasteiger partial charge in [-0.1, -0.05) is 13.3 Å². The Hall–Kier alpha value is -2.29. The van der Waals surface area contributed by atoms with Gasteiger partial charge in [-0.15, -0.1) is 11.3 Å².